The molecule has 1 aromatic carbocycles. The van der Waals surface area contributed by atoms with Crippen LogP contribution in [0.5, 0.6) is 5.75 Å². The number of thiol groups is 1. The third-order valence-electron chi connectivity index (χ3n) is 2.11. The predicted octanol–water partition coefficient (Wildman–Crippen LogP) is 3.51. The van der Waals surface area contributed by atoms with Gasteiger partial charge in [-0.3, -0.25) is 0 Å². The molecule has 0 saturated heterocycles. The quantitative estimate of drug-likeness (QED) is 0.709. The second-order valence-corrected chi connectivity index (χ2v) is 4.29. The molecule has 1 nitrogen and oxygen atoms in total. The Kier molecular flexibility index (Phi) is 2.22. The molecule has 1 heterocycles. The van der Waals surface area contributed by atoms with Gasteiger partial charge in [-0.05, 0) is 29.8 Å². The zero-order chi connectivity index (χ0) is 9.42. The summed E-state index contributed by atoms with van der Waals surface area (Å²) >= 11 is 6.12. The molecular weight excluding hydrogens is 200 g/mol. The summed E-state index contributed by atoms with van der Waals surface area (Å²) in [7, 11) is 1.68. The van der Waals surface area contributed by atoms with Crippen LogP contribution in [0.15, 0.2) is 22.4 Å². The summed E-state index contributed by atoms with van der Waals surface area (Å²) in [5, 5.41) is 3.33. The molecule has 0 radical (unpaired) electrons. The third-order valence-corrected chi connectivity index (χ3v) is 3.49. The van der Waals surface area contributed by atoms with Gasteiger partial charge in [0.1, 0.15) is 5.75 Å². The van der Waals surface area contributed by atoms with Gasteiger partial charge in [0.25, 0.3) is 0 Å². The number of ether oxygens (including phenoxy) is 1. The van der Waals surface area contributed by atoms with Crippen LogP contribution in [0.2, 0.25) is 0 Å². The summed E-state index contributed by atoms with van der Waals surface area (Å²) < 4.78 is 6.57. The lowest BCUT2D eigenvalue weighted by atomic mass is 10.1. The molecule has 2 rings (SSSR count). The van der Waals surface area contributed by atoms with E-state index in [1.807, 2.05) is 6.07 Å². The van der Waals surface area contributed by atoms with Gasteiger partial charge in [-0.25, -0.2) is 0 Å². The monoisotopic (exact) mass is 210 g/mol. The SMILES string of the molecule is COc1c(S)cc2ccsc2c1C. The highest BCUT2D eigenvalue weighted by molar-refractivity contribution is 7.80. The van der Waals surface area contributed by atoms with Crippen LogP contribution in [0, 0.1) is 6.92 Å². The summed E-state index contributed by atoms with van der Waals surface area (Å²) in [4.78, 5) is 0.908. The Hall–Kier alpha value is -0.670. The van der Waals surface area contributed by atoms with E-state index in [2.05, 4.69) is 31.0 Å². The fourth-order valence-corrected chi connectivity index (χ4v) is 2.78. The van der Waals surface area contributed by atoms with Crippen molar-refractivity contribution in [1.82, 2.24) is 0 Å². The highest BCUT2D eigenvalue weighted by atomic mass is 32.1. The topological polar surface area (TPSA) is 9.23 Å². The number of hydrogen-bond donors (Lipinski definition) is 1. The fraction of sp³-hybridized carbons (Fsp3) is 0.200. The molecule has 0 bridgehead atoms. The van der Waals surface area contributed by atoms with Crippen LogP contribution >= 0.6 is 24.0 Å². The van der Waals surface area contributed by atoms with E-state index in [4.69, 9.17) is 4.74 Å². The van der Waals surface area contributed by atoms with Gasteiger partial charge in [-0.1, -0.05) is 0 Å². The molecule has 0 aliphatic carbocycles. The minimum Gasteiger partial charge on any atom is -0.495 e. The van der Waals surface area contributed by atoms with Crippen LogP contribution in [0.3, 0.4) is 0 Å². The van der Waals surface area contributed by atoms with E-state index in [1.165, 1.54) is 15.6 Å². The van der Waals surface area contributed by atoms with E-state index in [1.54, 1.807) is 18.4 Å². The van der Waals surface area contributed by atoms with Crippen molar-refractivity contribution < 1.29 is 4.74 Å². The highest BCUT2D eigenvalue weighted by Crippen LogP contribution is 2.36. The Bertz CT molecular complexity index is 445. The molecule has 0 amide bonds. The maximum atomic E-state index is 5.28. The smallest absolute Gasteiger partial charge is 0.136 e. The Morgan fingerprint density at radius 1 is 1.46 bits per heavy atom. The first-order valence-electron chi connectivity index (χ1n) is 3.98. The van der Waals surface area contributed by atoms with Gasteiger partial charge in [0, 0.05) is 15.2 Å². The number of benzene rings is 1. The van der Waals surface area contributed by atoms with Gasteiger partial charge in [-0.2, -0.15) is 0 Å². The minimum absolute atomic E-state index is 0.887. The number of methoxy groups -OCH3 is 1. The van der Waals surface area contributed by atoms with E-state index in [0.717, 1.165) is 10.6 Å². The lowest BCUT2D eigenvalue weighted by Gasteiger charge is -2.08. The van der Waals surface area contributed by atoms with Crippen LogP contribution in [-0.2, 0) is 0 Å². The predicted molar refractivity (Wildman–Crippen MR) is 60.4 cm³/mol. The molecule has 68 valence electrons. The molecule has 1 aromatic heterocycles. The number of hydrogen-bond acceptors (Lipinski definition) is 3. The number of rotatable bonds is 1. The second-order valence-electron chi connectivity index (χ2n) is 2.89. The second kappa shape index (κ2) is 3.24. The van der Waals surface area contributed by atoms with E-state index in [0.29, 0.717) is 0 Å². The van der Waals surface area contributed by atoms with Crippen LogP contribution in [0.1, 0.15) is 5.56 Å². The Morgan fingerprint density at radius 2 is 2.23 bits per heavy atom. The first-order valence-corrected chi connectivity index (χ1v) is 5.30. The Morgan fingerprint density at radius 3 is 2.92 bits per heavy atom. The third kappa shape index (κ3) is 1.32. The van der Waals surface area contributed by atoms with Crippen molar-refractivity contribution in [2.45, 2.75) is 11.8 Å². The Labute approximate surface area is 86.8 Å². The average Bonchev–Trinajstić information content (AvgIpc) is 2.53. The normalized spacial score (nSPS) is 10.7. The molecule has 0 spiro atoms. The van der Waals surface area contributed by atoms with E-state index >= 15 is 0 Å². The number of fused-ring (bicyclic) bond motifs is 1. The van der Waals surface area contributed by atoms with Crippen molar-refractivity contribution in [3.05, 3.63) is 23.1 Å². The van der Waals surface area contributed by atoms with E-state index in [9.17, 15) is 0 Å². The molecular formula is C10H10OS2. The minimum atomic E-state index is 0.887. The first kappa shape index (κ1) is 8.91. The average molecular weight is 210 g/mol. The molecule has 2 aromatic rings. The largest absolute Gasteiger partial charge is 0.495 e. The molecule has 0 saturated carbocycles. The summed E-state index contributed by atoms with van der Waals surface area (Å²) in [5.74, 6) is 0.887. The van der Waals surface area contributed by atoms with Gasteiger partial charge < -0.3 is 4.74 Å². The molecule has 0 aliphatic rings. The van der Waals surface area contributed by atoms with Gasteiger partial charge in [0.05, 0.1) is 7.11 Å². The molecule has 0 aliphatic heterocycles. The molecule has 3 heteroatoms. The van der Waals surface area contributed by atoms with E-state index in [-0.39, 0.29) is 0 Å². The van der Waals surface area contributed by atoms with Crippen LogP contribution in [0.4, 0.5) is 0 Å². The first-order chi connectivity index (χ1) is 6.24. The van der Waals surface area contributed by atoms with Crippen molar-refractivity contribution in [2.24, 2.45) is 0 Å². The summed E-state index contributed by atoms with van der Waals surface area (Å²) in [6, 6.07) is 4.15. The number of thiophene rings is 1. The van der Waals surface area contributed by atoms with Crippen molar-refractivity contribution in [3.8, 4) is 5.75 Å². The van der Waals surface area contributed by atoms with Crippen LogP contribution < -0.4 is 4.74 Å². The molecule has 0 atom stereocenters. The van der Waals surface area contributed by atoms with Gasteiger partial charge in [-0.15, -0.1) is 24.0 Å². The highest BCUT2D eigenvalue weighted by Gasteiger charge is 2.08. The maximum Gasteiger partial charge on any atom is 0.136 e. The Balaban J connectivity index is 2.85. The van der Waals surface area contributed by atoms with Crippen LogP contribution in [-0.4, -0.2) is 7.11 Å². The van der Waals surface area contributed by atoms with Gasteiger partial charge >= 0.3 is 0 Å². The summed E-state index contributed by atoms with van der Waals surface area (Å²) in [5.41, 5.74) is 1.18. The molecule has 0 unspecified atom stereocenters. The molecule has 0 N–H and O–H groups in total. The summed E-state index contributed by atoms with van der Waals surface area (Å²) in [6.07, 6.45) is 0. The lowest BCUT2D eigenvalue weighted by Crippen LogP contribution is -1.88. The van der Waals surface area contributed by atoms with Crippen LogP contribution in [0.25, 0.3) is 10.1 Å². The van der Waals surface area contributed by atoms with E-state index < -0.39 is 0 Å². The summed E-state index contributed by atoms with van der Waals surface area (Å²) in [6.45, 7) is 2.07. The van der Waals surface area contributed by atoms with Crippen molar-refractivity contribution in [2.75, 3.05) is 7.11 Å². The zero-order valence-electron chi connectivity index (χ0n) is 7.50. The number of aryl methyl sites for hydroxylation is 1. The van der Waals surface area contributed by atoms with Crippen molar-refractivity contribution >= 4 is 34.1 Å². The fourth-order valence-electron chi connectivity index (χ4n) is 1.50. The standard InChI is InChI=1S/C10H10OS2/c1-6-9(11-2)8(12)5-7-3-4-13-10(6)7/h3-5,12H,1-2H3. The maximum absolute atomic E-state index is 5.28. The van der Waals surface area contributed by atoms with Crippen molar-refractivity contribution in [3.63, 3.8) is 0 Å². The molecule has 13 heavy (non-hydrogen) atoms. The van der Waals surface area contributed by atoms with Gasteiger partial charge in [0.2, 0.25) is 0 Å². The molecule has 0 fully saturated rings. The van der Waals surface area contributed by atoms with Gasteiger partial charge in [0.15, 0.2) is 0 Å². The zero-order valence-corrected chi connectivity index (χ0v) is 9.21. The lowest BCUT2D eigenvalue weighted by molar-refractivity contribution is 0.403. The van der Waals surface area contributed by atoms with Crippen molar-refractivity contribution in [1.29, 1.82) is 0 Å².